The topological polar surface area (TPSA) is 125 Å². The number of carbonyl (C=O) groups is 3. The molecule has 1 heterocycles. The zero-order chi connectivity index (χ0) is 18.4. The fraction of sp³-hybridized carbons (Fsp3) is 0.188. The molecule has 1 aromatic carbocycles. The summed E-state index contributed by atoms with van der Waals surface area (Å²) in [6, 6.07) is 7.74. The maximum Gasteiger partial charge on any atom is 0.275 e. The van der Waals surface area contributed by atoms with Crippen LogP contribution in [0.5, 0.6) is 0 Å². The van der Waals surface area contributed by atoms with Crippen LogP contribution in [0.15, 0.2) is 42.7 Å². The molecule has 2 rings (SSSR count). The van der Waals surface area contributed by atoms with Gasteiger partial charge in [-0.1, -0.05) is 30.3 Å². The van der Waals surface area contributed by atoms with Crippen molar-refractivity contribution in [1.82, 2.24) is 25.7 Å². The van der Waals surface area contributed by atoms with E-state index in [2.05, 4.69) is 15.3 Å². The Labute approximate surface area is 143 Å². The summed E-state index contributed by atoms with van der Waals surface area (Å²) in [7, 11) is 2.57. The van der Waals surface area contributed by atoms with E-state index in [1.807, 2.05) is 30.3 Å². The van der Waals surface area contributed by atoms with Crippen LogP contribution in [0, 0.1) is 0 Å². The van der Waals surface area contributed by atoms with E-state index in [9.17, 15) is 14.4 Å². The molecule has 0 bridgehead atoms. The second kappa shape index (κ2) is 7.97. The Morgan fingerprint density at radius 1 is 1.08 bits per heavy atom. The van der Waals surface area contributed by atoms with Crippen molar-refractivity contribution < 1.29 is 19.6 Å². The number of hydrogen-bond acceptors (Lipinski definition) is 6. The third kappa shape index (κ3) is 3.96. The molecular weight excluding hydrogens is 326 g/mol. The van der Waals surface area contributed by atoms with Crippen molar-refractivity contribution >= 4 is 17.7 Å². The molecule has 3 amide bonds. The van der Waals surface area contributed by atoms with Gasteiger partial charge in [0.25, 0.3) is 17.7 Å². The van der Waals surface area contributed by atoms with Crippen LogP contribution in [0.1, 0.15) is 10.5 Å². The Morgan fingerprint density at radius 2 is 1.76 bits per heavy atom. The highest BCUT2D eigenvalue weighted by Gasteiger charge is 2.34. The zero-order valence-corrected chi connectivity index (χ0v) is 13.6. The molecule has 0 spiro atoms. The maximum absolute atomic E-state index is 12.5. The summed E-state index contributed by atoms with van der Waals surface area (Å²) in [5, 5.41) is 11.0. The maximum atomic E-state index is 12.5. The zero-order valence-electron chi connectivity index (χ0n) is 13.6. The molecule has 0 radical (unpaired) electrons. The van der Waals surface area contributed by atoms with Crippen LogP contribution in [-0.2, 0) is 9.59 Å². The minimum Gasteiger partial charge on any atom is -0.357 e. The molecule has 0 aliphatic heterocycles. The second-order valence-electron chi connectivity index (χ2n) is 5.06. The summed E-state index contributed by atoms with van der Waals surface area (Å²) in [4.78, 5) is 45.1. The first-order valence-corrected chi connectivity index (χ1v) is 7.29. The van der Waals surface area contributed by atoms with Crippen molar-refractivity contribution in [2.45, 2.75) is 6.04 Å². The molecule has 9 nitrogen and oxygen atoms in total. The molecule has 0 aliphatic rings. The number of hydroxylamine groups is 1. The van der Waals surface area contributed by atoms with E-state index < -0.39 is 23.8 Å². The van der Waals surface area contributed by atoms with Crippen LogP contribution in [0.25, 0.3) is 11.3 Å². The van der Waals surface area contributed by atoms with Crippen LogP contribution in [0.3, 0.4) is 0 Å². The van der Waals surface area contributed by atoms with Gasteiger partial charge in [-0.05, 0) is 0 Å². The Bertz CT molecular complexity index is 748. The molecule has 1 atom stereocenters. The van der Waals surface area contributed by atoms with E-state index in [0.717, 1.165) is 10.5 Å². The average Bonchev–Trinajstić information content (AvgIpc) is 2.67. The van der Waals surface area contributed by atoms with Gasteiger partial charge in [0.15, 0.2) is 6.04 Å². The van der Waals surface area contributed by atoms with Crippen LogP contribution in [0.4, 0.5) is 0 Å². The number of likely N-dealkylation sites (N-methyl/N-ethyl adjacent to an activating group) is 2. The Kier molecular flexibility index (Phi) is 5.75. The van der Waals surface area contributed by atoms with Crippen molar-refractivity contribution in [1.29, 1.82) is 0 Å². The van der Waals surface area contributed by atoms with E-state index >= 15 is 0 Å². The Hall–Kier alpha value is -3.33. The number of benzene rings is 1. The van der Waals surface area contributed by atoms with Gasteiger partial charge >= 0.3 is 0 Å². The molecule has 0 saturated heterocycles. The van der Waals surface area contributed by atoms with Crippen LogP contribution in [-0.4, -0.2) is 57.9 Å². The Morgan fingerprint density at radius 3 is 2.28 bits per heavy atom. The molecule has 130 valence electrons. The number of amides is 3. The predicted octanol–water partition coefficient (Wildman–Crippen LogP) is -0.164. The van der Waals surface area contributed by atoms with E-state index in [1.54, 1.807) is 0 Å². The van der Waals surface area contributed by atoms with Crippen molar-refractivity contribution in [3.8, 4) is 11.3 Å². The molecule has 2 aromatic rings. The van der Waals surface area contributed by atoms with Crippen molar-refractivity contribution in [3.63, 3.8) is 0 Å². The van der Waals surface area contributed by atoms with Gasteiger partial charge in [0, 0.05) is 19.7 Å². The lowest BCUT2D eigenvalue weighted by Gasteiger charge is -2.24. The van der Waals surface area contributed by atoms with Crippen LogP contribution in [0.2, 0.25) is 0 Å². The van der Waals surface area contributed by atoms with Crippen LogP contribution < -0.4 is 10.8 Å². The molecule has 25 heavy (non-hydrogen) atoms. The molecule has 1 aromatic heterocycles. The lowest BCUT2D eigenvalue weighted by Crippen LogP contribution is -2.54. The SMILES string of the molecule is CNC(=O)C(C(=O)NO)N(C)C(=O)c1cnc(-c2ccccc2)cn1. The molecular formula is C16H17N5O4. The third-order valence-electron chi connectivity index (χ3n) is 3.50. The normalized spacial score (nSPS) is 11.3. The van der Waals surface area contributed by atoms with Gasteiger partial charge in [-0.25, -0.2) is 10.5 Å². The second-order valence-corrected chi connectivity index (χ2v) is 5.06. The van der Waals surface area contributed by atoms with Gasteiger partial charge in [-0.3, -0.25) is 24.6 Å². The van der Waals surface area contributed by atoms with E-state index in [0.29, 0.717) is 5.69 Å². The largest absolute Gasteiger partial charge is 0.357 e. The number of nitrogens with zero attached hydrogens (tertiary/aromatic N) is 3. The minimum atomic E-state index is -1.54. The van der Waals surface area contributed by atoms with Gasteiger partial charge in [0.2, 0.25) is 0 Å². The first-order chi connectivity index (χ1) is 12.0. The average molecular weight is 343 g/mol. The summed E-state index contributed by atoms with van der Waals surface area (Å²) < 4.78 is 0. The highest BCUT2D eigenvalue weighted by Crippen LogP contribution is 2.15. The third-order valence-corrected chi connectivity index (χ3v) is 3.50. The molecule has 9 heteroatoms. The first kappa shape index (κ1) is 18.0. The van der Waals surface area contributed by atoms with Gasteiger partial charge in [0.05, 0.1) is 18.1 Å². The molecule has 0 fully saturated rings. The molecule has 1 unspecified atom stereocenters. The van der Waals surface area contributed by atoms with E-state index in [4.69, 9.17) is 5.21 Å². The number of aromatic nitrogens is 2. The first-order valence-electron chi connectivity index (χ1n) is 7.29. The number of hydrogen-bond donors (Lipinski definition) is 3. The smallest absolute Gasteiger partial charge is 0.275 e. The molecule has 0 aliphatic carbocycles. The minimum absolute atomic E-state index is 0.0400. The van der Waals surface area contributed by atoms with Gasteiger partial charge in [-0.15, -0.1) is 0 Å². The number of carbonyl (C=O) groups excluding carboxylic acids is 3. The quantitative estimate of drug-likeness (QED) is 0.393. The van der Waals surface area contributed by atoms with E-state index in [-0.39, 0.29) is 5.69 Å². The summed E-state index contributed by atoms with van der Waals surface area (Å²) in [5.41, 5.74) is 2.75. The lowest BCUT2D eigenvalue weighted by atomic mass is 10.1. The van der Waals surface area contributed by atoms with Gasteiger partial charge in [0.1, 0.15) is 5.69 Å². The van der Waals surface area contributed by atoms with Crippen molar-refractivity contribution in [2.24, 2.45) is 0 Å². The van der Waals surface area contributed by atoms with Gasteiger partial charge < -0.3 is 10.2 Å². The molecule has 0 saturated carbocycles. The summed E-state index contributed by atoms with van der Waals surface area (Å²) in [6.45, 7) is 0. The fourth-order valence-corrected chi connectivity index (χ4v) is 2.16. The summed E-state index contributed by atoms with van der Waals surface area (Å²) in [5.74, 6) is -2.48. The lowest BCUT2D eigenvalue weighted by molar-refractivity contribution is -0.140. The fourth-order valence-electron chi connectivity index (χ4n) is 2.16. The summed E-state index contributed by atoms with van der Waals surface area (Å²) in [6.07, 6.45) is 2.69. The predicted molar refractivity (Wildman–Crippen MR) is 87.3 cm³/mol. The van der Waals surface area contributed by atoms with Crippen LogP contribution >= 0.6 is 0 Å². The number of nitrogens with one attached hydrogen (secondary N) is 2. The monoisotopic (exact) mass is 343 g/mol. The number of rotatable bonds is 5. The van der Waals surface area contributed by atoms with Crippen molar-refractivity contribution in [2.75, 3.05) is 14.1 Å². The highest BCUT2D eigenvalue weighted by atomic mass is 16.5. The van der Waals surface area contributed by atoms with E-state index in [1.165, 1.54) is 32.0 Å². The van der Waals surface area contributed by atoms with Gasteiger partial charge in [-0.2, -0.15) is 0 Å². The summed E-state index contributed by atoms with van der Waals surface area (Å²) >= 11 is 0. The molecule has 3 N–H and O–H groups in total. The Balaban J connectivity index is 2.24. The van der Waals surface area contributed by atoms with Crippen molar-refractivity contribution in [3.05, 3.63) is 48.4 Å². The highest BCUT2D eigenvalue weighted by molar-refractivity contribution is 6.08. The standard InChI is InChI=1S/C16H17N5O4/c1-17-14(22)13(15(23)20-25)21(2)16(24)12-9-18-11(8-19-12)10-6-4-3-5-7-10/h3-9,13,25H,1-2H3,(H,17,22)(H,20,23).